The number of aromatic nitrogens is 3. The van der Waals surface area contributed by atoms with Crippen molar-refractivity contribution in [3.05, 3.63) is 53.8 Å². The molecule has 1 atom stereocenters. The lowest BCUT2D eigenvalue weighted by atomic mass is 10.1. The molecule has 3 aromatic heterocycles. The van der Waals surface area contributed by atoms with E-state index in [1.807, 2.05) is 13.0 Å². The Hall–Kier alpha value is -2.82. The van der Waals surface area contributed by atoms with E-state index in [9.17, 15) is 13.2 Å². The van der Waals surface area contributed by atoms with E-state index in [2.05, 4.69) is 15.0 Å². The zero-order valence-electron chi connectivity index (χ0n) is 16.1. The first-order valence-corrected chi connectivity index (χ1v) is 11.8. The normalized spacial score (nSPS) is 18.3. The number of pyridine rings is 1. The van der Waals surface area contributed by atoms with E-state index in [0.29, 0.717) is 29.7 Å². The molecular weight excluding hydrogens is 422 g/mol. The van der Waals surface area contributed by atoms with Crippen molar-refractivity contribution in [2.75, 3.05) is 19.6 Å². The lowest BCUT2D eigenvalue weighted by Gasteiger charge is -2.38. The number of carbonyl (C=O) groups is 1. The van der Waals surface area contributed by atoms with Crippen molar-refractivity contribution in [2.45, 2.75) is 17.9 Å². The van der Waals surface area contributed by atoms with E-state index >= 15 is 0 Å². The van der Waals surface area contributed by atoms with Gasteiger partial charge in [-0.2, -0.15) is 4.31 Å². The summed E-state index contributed by atoms with van der Waals surface area (Å²) in [4.78, 5) is 26.3. The summed E-state index contributed by atoms with van der Waals surface area (Å²) in [6.07, 6.45) is 3.10. The summed E-state index contributed by atoms with van der Waals surface area (Å²) >= 11 is 1.53. The summed E-state index contributed by atoms with van der Waals surface area (Å²) in [5, 5.41) is 0.569. The smallest absolute Gasteiger partial charge is 0.254 e. The van der Waals surface area contributed by atoms with Crippen LogP contribution >= 0.6 is 11.3 Å². The molecule has 0 spiro atoms. The van der Waals surface area contributed by atoms with Crippen LogP contribution in [-0.4, -0.2) is 64.2 Å². The van der Waals surface area contributed by atoms with Gasteiger partial charge in [-0.05, 0) is 37.3 Å². The van der Waals surface area contributed by atoms with Crippen LogP contribution in [0.4, 0.5) is 0 Å². The molecule has 1 fully saturated rings. The fourth-order valence-corrected chi connectivity index (χ4v) is 6.35. The van der Waals surface area contributed by atoms with Crippen molar-refractivity contribution in [1.29, 1.82) is 0 Å². The molecule has 4 heterocycles. The van der Waals surface area contributed by atoms with E-state index in [1.54, 1.807) is 40.9 Å². The fraction of sp³-hybridized carbons (Fsp3) is 0.250. The summed E-state index contributed by atoms with van der Waals surface area (Å²) in [6, 6.07) is 8.60. The highest BCUT2D eigenvalue weighted by Gasteiger charge is 2.36. The molecule has 1 aliphatic heterocycles. The molecule has 1 aromatic carbocycles. The number of carbonyl (C=O) groups excluding carboxylic acids is 1. The zero-order chi connectivity index (χ0) is 20.9. The average molecular weight is 442 g/mol. The molecule has 1 amide bonds. The number of H-pyrrole nitrogens is 1. The Morgan fingerprint density at radius 3 is 2.93 bits per heavy atom. The maximum Gasteiger partial charge on any atom is 0.254 e. The third kappa shape index (κ3) is 3.08. The third-order valence-corrected chi connectivity index (χ3v) is 8.29. The first kappa shape index (κ1) is 19.2. The minimum atomic E-state index is -3.71. The van der Waals surface area contributed by atoms with Gasteiger partial charge in [-0.1, -0.05) is 0 Å². The first-order chi connectivity index (χ1) is 14.4. The third-order valence-electron chi connectivity index (χ3n) is 5.43. The molecule has 1 aliphatic rings. The predicted molar refractivity (Wildman–Crippen MR) is 115 cm³/mol. The molecule has 0 saturated carbocycles. The van der Waals surface area contributed by atoms with Crippen LogP contribution in [-0.2, 0) is 10.0 Å². The number of amides is 1. The average Bonchev–Trinajstić information content (AvgIpc) is 3.39. The van der Waals surface area contributed by atoms with Gasteiger partial charge in [0, 0.05) is 49.0 Å². The number of fused-ring (bicyclic) bond motifs is 2. The minimum absolute atomic E-state index is 0.106. The van der Waals surface area contributed by atoms with Gasteiger partial charge in [-0.3, -0.25) is 4.79 Å². The molecule has 4 aromatic rings. The number of piperazine rings is 1. The van der Waals surface area contributed by atoms with E-state index in [-0.39, 0.29) is 23.4 Å². The Kier molecular flexibility index (Phi) is 4.57. The fourth-order valence-electron chi connectivity index (χ4n) is 3.93. The molecular formula is C20H19N5O3S2. The maximum absolute atomic E-state index is 13.3. The largest absolute Gasteiger partial charge is 0.345 e. The summed E-state index contributed by atoms with van der Waals surface area (Å²) in [5.74, 6) is -0.106. The second kappa shape index (κ2) is 7.15. The van der Waals surface area contributed by atoms with E-state index in [1.165, 1.54) is 21.8 Å². The van der Waals surface area contributed by atoms with Crippen LogP contribution in [0.1, 0.15) is 17.3 Å². The van der Waals surface area contributed by atoms with Gasteiger partial charge in [0.05, 0.1) is 15.7 Å². The Morgan fingerprint density at radius 1 is 1.23 bits per heavy atom. The summed E-state index contributed by atoms with van der Waals surface area (Å²) in [7, 11) is -3.71. The number of hydrogen-bond donors (Lipinski definition) is 1. The molecule has 0 aliphatic carbocycles. The Morgan fingerprint density at radius 2 is 2.10 bits per heavy atom. The quantitative estimate of drug-likeness (QED) is 0.527. The number of rotatable bonds is 3. The number of benzene rings is 1. The van der Waals surface area contributed by atoms with Crippen LogP contribution in [0.3, 0.4) is 0 Å². The number of aromatic amines is 1. The standard InChI is InChI=1S/C20H19N5O3S2/c1-13-11-24(20(26)14-4-5-17-16(9-14)23-12-29-17)7-8-25(13)30(27,28)18-10-22-19-15(18)3-2-6-21-19/h2-6,9-10,12-13H,7-8,11H2,1H3,(H,21,22)/t13-/m1/s1. The highest BCUT2D eigenvalue weighted by molar-refractivity contribution is 7.89. The molecule has 1 N–H and O–H groups in total. The highest BCUT2D eigenvalue weighted by atomic mass is 32.2. The van der Waals surface area contributed by atoms with Crippen molar-refractivity contribution in [1.82, 2.24) is 24.2 Å². The Balaban J connectivity index is 1.38. The van der Waals surface area contributed by atoms with Gasteiger partial charge in [-0.15, -0.1) is 11.3 Å². The number of thiazole rings is 1. The van der Waals surface area contributed by atoms with Crippen molar-refractivity contribution >= 4 is 48.5 Å². The number of sulfonamides is 1. The molecule has 1 saturated heterocycles. The van der Waals surface area contributed by atoms with Crippen molar-refractivity contribution in [2.24, 2.45) is 0 Å². The molecule has 0 bridgehead atoms. The monoisotopic (exact) mass is 441 g/mol. The van der Waals surface area contributed by atoms with Crippen molar-refractivity contribution in [3.63, 3.8) is 0 Å². The summed E-state index contributed by atoms with van der Waals surface area (Å²) in [6.45, 7) is 2.72. The van der Waals surface area contributed by atoms with Crippen molar-refractivity contribution < 1.29 is 13.2 Å². The SMILES string of the molecule is C[C@@H]1CN(C(=O)c2ccc3scnc3c2)CCN1S(=O)(=O)c1c[nH]c2ncccc12. The van der Waals surface area contributed by atoms with Gasteiger partial charge in [0.25, 0.3) is 5.91 Å². The van der Waals surface area contributed by atoms with Gasteiger partial charge in [-0.25, -0.2) is 18.4 Å². The number of hydrogen-bond acceptors (Lipinski definition) is 6. The molecule has 0 unspecified atom stereocenters. The van der Waals surface area contributed by atoms with Gasteiger partial charge in [0.15, 0.2) is 0 Å². The van der Waals surface area contributed by atoms with Gasteiger partial charge in [0.2, 0.25) is 10.0 Å². The molecule has 0 radical (unpaired) electrons. The Labute approximate surface area is 177 Å². The van der Waals surface area contributed by atoms with Crippen LogP contribution in [0, 0.1) is 0 Å². The number of nitrogens with one attached hydrogen (secondary N) is 1. The lowest BCUT2D eigenvalue weighted by Crippen LogP contribution is -2.55. The van der Waals surface area contributed by atoms with E-state index in [0.717, 1.165) is 10.2 Å². The van der Waals surface area contributed by atoms with Gasteiger partial charge in [0.1, 0.15) is 10.5 Å². The zero-order valence-corrected chi connectivity index (χ0v) is 17.8. The highest BCUT2D eigenvalue weighted by Crippen LogP contribution is 2.28. The maximum atomic E-state index is 13.3. The number of nitrogens with zero attached hydrogens (tertiary/aromatic N) is 4. The lowest BCUT2D eigenvalue weighted by molar-refractivity contribution is 0.0642. The molecule has 154 valence electrons. The Bertz CT molecular complexity index is 1360. The first-order valence-electron chi connectivity index (χ1n) is 9.51. The van der Waals surface area contributed by atoms with Crippen LogP contribution in [0.5, 0.6) is 0 Å². The molecule has 5 rings (SSSR count). The predicted octanol–water partition coefficient (Wildman–Crippen LogP) is 2.71. The second-order valence-corrected chi connectivity index (χ2v) is 10.0. The minimum Gasteiger partial charge on any atom is -0.345 e. The molecule has 8 nitrogen and oxygen atoms in total. The summed E-state index contributed by atoms with van der Waals surface area (Å²) in [5.41, 5.74) is 3.66. The topological polar surface area (TPSA) is 99.3 Å². The van der Waals surface area contributed by atoms with Crippen LogP contribution in [0.2, 0.25) is 0 Å². The van der Waals surface area contributed by atoms with Gasteiger partial charge >= 0.3 is 0 Å². The second-order valence-electron chi connectivity index (χ2n) is 7.30. The van der Waals surface area contributed by atoms with Crippen LogP contribution < -0.4 is 0 Å². The van der Waals surface area contributed by atoms with Crippen LogP contribution in [0.15, 0.2) is 53.1 Å². The van der Waals surface area contributed by atoms with E-state index in [4.69, 9.17) is 0 Å². The summed E-state index contributed by atoms with van der Waals surface area (Å²) < 4.78 is 29.1. The van der Waals surface area contributed by atoms with E-state index < -0.39 is 10.0 Å². The van der Waals surface area contributed by atoms with Crippen molar-refractivity contribution in [3.8, 4) is 0 Å². The van der Waals surface area contributed by atoms with Crippen LogP contribution in [0.25, 0.3) is 21.3 Å². The van der Waals surface area contributed by atoms with Gasteiger partial charge < -0.3 is 9.88 Å². The molecule has 30 heavy (non-hydrogen) atoms. The molecule has 10 heteroatoms.